The van der Waals surface area contributed by atoms with Crippen molar-refractivity contribution < 1.29 is 15.0 Å². The number of phenols is 1. The average Bonchev–Trinajstić information content (AvgIpc) is 2.75. The predicted molar refractivity (Wildman–Crippen MR) is 130 cm³/mol. The van der Waals surface area contributed by atoms with E-state index in [9.17, 15) is 15.0 Å². The molecule has 3 nitrogen and oxygen atoms in total. The Morgan fingerprint density at radius 1 is 0.839 bits per heavy atom. The maximum absolute atomic E-state index is 11.9. The van der Waals surface area contributed by atoms with Crippen LogP contribution >= 0.6 is 0 Å². The van der Waals surface area contributed by atoms with Crippen LogP contribution in [0.15, 0.2) is 12.1 Å². The molecule has 0 fully saturated rings. The zero-order chi connectivity index (χ0) is 22.9. The topological polar surface area (TPSA) is 57.5 Å². The zero-order valence-corrected chi connectivity index (χ0v) is 20.6. The van der Waals surface area contributed by atoms with Gasteiger partial charge in [0.2, 0.25) is 0 Å². The lowest BCUT2D eigenvalue weighted by molar-refractivity contribution is 0.0696. The third-order valence-corrected chi connectivity index (χ3v) is 8.10. The summed E-state index contributed by atoms with van der Waals surface area (Å²) in [4.78, 5) is 11.9. The summed E-state index contributed by atoms with van der Waals surface area (Å²) < 4.78 is 0. The van der Waals surface area contributed by atoms with E-state index >= 15 is 0 Å². The lowest BCUT2D eigenvalue weighted by Gasteiger charge is -2.33. The highest BCUT2D eigenvalue weighted by atomic mass is 16.4. The number of hydrogen-bond acceptors (Lipinski definition) is 2. The van der Waals surface area contributed by atoms with Crippen LogP contribution in [0.2, 0.25) is 0 Å². The van der Waals surface area contributed by atoms with E-state index in [-0.39, 0.29) is 10.8 Å². The van der Waals surface area contributed by atoms with E-state index in [0.29, 0.717) is 11.3 Å². The molecule has 1 unspecified atom stereocenters. The summed E-state index contributed by atoms with van der Waals surface area (Å²) in [5, 5.41) is 21.1. The smallest absolute Gasteiger partial charge is 0.335 e. The Labute approximate surface area is 190 Å². The first-order valence-electron chi connectivity index (χ1n) is 12.8. The number of aromatic carboxylic acids is 1. The first kappa shape index (κ1) is 25.7. The van der Waals surface area contributed by atoms with Crippen LogP contribution in [0.5, 0.6) is 5.75 Å². The third kappa shape index (κ3) is 7.26. The molecule has 1 aromatic rings. The highest BCUT2D eigenvalue weighted by Crippen LogP contribution is 2.43. The molecule has 0 radical (unpaired) electrons. The molecule has 2 rings (SSSR count). The second kappa shape index (κ2) is 11.9. The number of carboxylic acids is 1. The molecule has 31 heavy (non-hydrogen) atoms. The van der Waals surface area contributed by atoms with Crippen LogP contribution in [0.25, 0.3) is 0 Å². The van der Waals surface area contributed by atoms with E-state index in [1.165, 1.54) is 57.8 Å². The summed E-state index contributed by atoms with van der Waals surface area (Å²) in [6.07, 6.45) is 17.6. The fourth-order valence-corrected chi connectivity index (χ4v) is 5.25. The lowest BCUT2D eigenvalue weighted by atomic mass is 9.72. The average molecular weight is 431 g/mol. The molecule has 1 aliphatic carbocycles. The summed E-state index contributed by atoms with van der Waals surface area (Å²) >= 11 is 0. The van der Waals surface area contributed by atoms with Crippen molar-refractivity contribution in [3.63, 3.8) is 0 Å². The molecule has 0 aromatic heterocycles. The third-order valence-electron chi connectivity index (χ3n) is 8.10. The van der Waals surface area contributed by atoms with Crippen molar-refractivity contribution in [2.24, 2.45) is 5.41 Å². The van der Waals surface area contributed by atoms with Gasteiger partial charge in [-0.1, -0.05) is 98.3 Å². The van der Waals surface area contributed by atoms with Crippen LogP contribution in [0.3, 0.4) is 0 Å². The van der Waals surface area contributed by atoms with Crippen molar-refractivity contribution >= 4 is 5.97 Å². The minimum Gasteiger partial charge on any atom is -0.507 e. The van der Waals surface area contributed by atoms with Gasteiger partial charge >= 0.3 is 5.97 Å². The quantitative estimate of drug-likeness (QED) is 0.506. The molecule has 0 aliphatic heterocycles. The molecule has 1 aliphatic rings. The molecule has 3 heteroatoms. The summed E-state index contributed by atoms with van der Waals surface area (Å²) in [5.41, 5.74) is 1.86. The molecule has 2 atom stereocenters. The lowest BCUT2D eigenvalue weighted by Crippen LogP contribution is -2.24. The molecule has 0 saturated heterocycles. The van der Waals surface area contributed by atoms with Gasteiger partial charge in [0.25, 0.3) is 0 Å². The second-order valence-corrected chi connectivity index (χ2v) is 10.6. The highest BCUT2D eigenvalue weighted by molar-refractivity contribution is 5.88. The number of hydrogen-bond donors (Lipinski definition) is 2. The largest absolute Gasteiger partial charge is 0.507 e. The van der Waals surface area contributed by atoms with Gasteiger partial charge in [-0.15, -0.1) is 0 Å². The van der Waals surface area contributed by atoms with Crippen LogP contribution in [0.1, 0.15) is 139 Å². The zero-order valence-electron chi connectivity index (χ0n) is 20.6. The Hall–Kier alpha value is -1.51. The summed E-state index contributed by atoms with van der Waals surface area (Å²) in [5.74, 6) is -0.559. The summed E-state index contributed by atoms with van der Waals surface area (Å²) in [6.45, 7) is 8.89. The van der Waals surface area contributed by atoms with Crippen molar-refractivity contribution in [2.75, 3.05) is 0 Å². The molecular weight excluding hydrogens is 384 g/mol. The van der Waals surface area contributed by atoms with Gasteiger partial charge < -0.3 is 10.2 Å². The molecule has 2 N–H and O–H groups in total. The van der Waals surface area contributed by atoms with Crippen LogP contribution in [-0.2, 0) is 11.8 Å². The van der Waals surface area contributed by atoms with Gasteiger partial charge in [0.1, 0.15) is 5.75 Å². The Kier molecular flexibility index (Phi) is 9.90. The van der Waals surface area contributed by atoms with E-state index in [2.05, 4.69) is 27.7 Å². The predicted octanol–water partition coefficient (Wildman–Crippen LogP) is 8.41. The molecule has 0 heterocycles. The maximum atomic E-state index is 11.9. The van der Waals surface area contributed by atoms with Gasteiger partial charge in [-0.2, -0.15) is 0 Å². The Bertz CT molecular complexity index is 710. The number of carboxylic acid groups (broad SMARTS) is 1. The van der Waals surface area contributed by atoms with Crippen LogP contribution < -0.4 is 0 Å². The van der Waals surface area contributed by atoms with Crippen molar-refractivity contribution in [2.45, 2.75) is 129 Å². The van der Waals surface area contributed by atoms with E-state index in [4.69, 9.17) is 0 Å². The number of phenolic OH excluding ortho intramolecular Hbond substituents is 1. The monoisotopic (exact) mass is 430 g/mol. The Morgan fingerprint density at radius 2 is 1.35 bits per heavy atom. The maximum Gasteiger partial charge on any atom is 0.335 e. The molecule has 0 saturated carbocycles. The second-order valence-electron chi connectivity index (χ2n) is 10.6. The molecule has 1 aromatic carbocycles. The molecule has 176 valence electrons. The van der Waals surface area contributed by atoms with Gasteiger partial charge in [0.15, 0.2) is 0 Å². The van der Waals surface area contributed by atoms with E-state index in [0.717, 1.165) is 49.7 Å². The Balaban J connectivity index is 2.43. The van der Waals surface area contributed by atoms with E-state index < -0.39 is 5.97 Å². The fourth-order valence-electron chi connectivity index (χ4n) is 5.25. The minimum atomic E-state index is -0.902. The van der Waals surface area contributed by atoms with Gasteiger partial charge in [0, 0.05) is 5.56 Å². The number of carbonyl (C=O) groups is 1. The summed E-state index contributed by atoms with van der Waals surface area (Å²) in [7, 11) is 0. The normalized spacial score (nSPS) is 27.2. The van der Waals surface area contributed by atoms with Gasteiger partial charge in [-0.3, -0.25) is 0 Å². The van der Waals surface area contributed by atoms with Crippen molar-refractivity contribution in [1.82, 2.24) is 0 Å². The van der Waals surface area contributed by atoms with Crippen LogP contribution in [-0.4, -0.2) is 16.2 Å². The molecular formula is C28H46O3. The van der Waals surface area contributed by atoms with Crippen molar-refractivity contribution in [3.8, 4) is 5.75 Å². The SMILES string of the molecule is CCC1(C)CCCCCCCCCCCC[C@@](C)(CC)c2cc(C(=O)O)cc(c2O)C1. The van der Waals surface area contributed by atoms with Gasteiger partial charge in [-0.25, -0.2) is 4.79 Å². The number of aromatic hydroxyl groups is 1. The number of benzene rings is 1. The summed E-state index contributed by atoms with van der Waals surface area (Å²) in [6, 6.07) is 3.47. The first-order valence-corrected chi connectivity index (χ1v) is 12.8. The number of fused-ring (bicyclic) bond motifs is 2. The van der Waals surface area contributed by atoms with Gasteiger partial charge in [0.05, 0.1) is 5.56 Å². The highest BCUT2D eigenvalue weighted by Gasteiger charge is 2.32. The van der Waals surface area contributed by atoms with Crippen molar-refractivity contribution in [3.05, 3.63) is 28.8 Å². The fraction of sp³-hybridized carbons (Fsp3) is 0.750. The first-order chi connectivity index (χ1) is 14.7. The standard InChI is InChI=1S/C28H46O3/c1-5-27(3)17-15-13-11-9-7-8-10-12-14-16-18-28(4,6-2)24-20-22(26(30)31)19-23(21-27)25(24)29/h19-20,29H,5-18,21H2,1-4H3,(H,30,31)/t27?,28-/m1/s1. The number of rotatable bonds is 3. The van der Waals surface area contributed by atoms with Crippen LogP contribution in [0.4, 0.5) is 0 Å². The Morgan fingerprint density at radius 3 is 1.84 bits per heavy atom. The molecule has 0 amide bonds. The van der Waals surface area contributed by atoms with E-state index in [1.807, 2.05) is 0 Å². The van der Waals surface area contributed by atoms with Crippen molar-refractivity contribution in [1.29, 1.82) is 0 Å². The molecule has 2 bridgehead atoms. The molecule has 0 spiro atoms. The minimum absolute atomic E-state index is 0.0833. The van der Waals surface area contributed by atoms with Gasteiger partial charge in [-0.05, 0) is 54.2 Å². The van der Waals surface area contributed by atoms with Crippen LogP contribution in [0, 0.1) is 5.41 Å². The van der Waals surface area contributed by atoms with E-state index in [1.54, 1.807) is 12.1 Å².